The van der Waals surface area contributed by atoms with E-state index in [-0.39, 0.29) is 16.3 Å². The lowest BCUT2D eigenvalue weighted by molar-refractivity contribution is 0.483. The van der Waals surface area contributed by atoms with Crippen LogP contribution in [0.2, 0.25) is 0 Å². The Hall–Kier alpha value is -1.80. The zero-order valence-corrected chi connectivity index (χ0v) is 8.14. The predicted molar refractivity (Wildman–Crippen MR) is 49.4 cm³/mol. The van der Waals surface area contributed by atoms with Gasteiger partial charge in [0.15, 0.2) is 0 Å². The number of benzene rings is 1. The van der Waals surface area contributed by atoms with Crippen molar-refractivity contribution in [2.75, 3.05) is 0 Å². The standard InChI is InChI=1S/C7H6N4O3S/c12-15(13,14)6-4-2-1-3-5(6)7-8-10-11-9-7/h1-4H,(H,12,13,14)(H,8,9,10,11). The van der Waals surface area contributed by atoms with E-state index in [1.54, 1.807) is 6.07 Å². The minimum absolute atomic E-state index is 0.114. The van der Waals surface area contributed by atoms with E-state index in [0.717, 1.165) is 0 Å². The third-order valence-electron chi connectivity index (χ3n) is 1.75. The van der Waals surface area contributed by atoms with Crippen LogP contribution in [0.4, 0.5) is 0 Å². The molecule has 0 bridgehead atoms. The van der Waals surface area contributed by atoms with E-state index >= 15 is 0 Å². The number of aromatic nitrogens is 4. The predicted octanol–water partition coefficient (Wildman–Crippen LogP) is 0.113. The van der Waals surface area contributed by atoms with E-state index < -0.39 is 10.1 Å². The second kappa shape index (κ2) is 3.41. The van der Waals surface area contributed by atoms with E-state index in [4.69, 9.17) is 4.55 Å². The lowest BCUT2D eigenvalue weighted by Crippen LogP contribution is -2.01. The van der Waals surface area contributed by atoms with Gasteiger partial charge in [-0.1, -0.05) is 12.1 Å². The largest absolute Gasteiger partial charge is 0.295 e. The normalized spacial score (nSPS) is 11.5. The Bertz CT molecular complexity index is 564. The number of tetrazole rings is 1. The number of hydrogen-bond donors (Lipinski definition) is 2. The number of nitrogens with zero attached hydrogens (tertiary/aromatic N) is 3. The number of H-pyrrole nitrogens is 1. The summed E-state index contributed by atoms with van der Waals surface area (Å²) < 4.78 is 31.0. The summed E-state index contributed by atoms with van der Waals surface area (Å²) in [5.74, 6) is 0.114. The van der Waals surface area contributed by atoms with Crippen LogP contribution in [0.15, 0.2) is 29.2 Å². The number of rotatable bonds is 2. The van der Waals surface area contributed by atoms with Gasteiger partial charge < -0.3 is 0 Å². The quantitative estimate of drug-likeness (QED) is 0.703. The first-order valence-corrected chi connectivity index (χ1v) is 5.33. The van der Waals surface area contributed by atoms with Gasteiger partial charge in [0.1, 0.15) is 4.90 Å². The van der Waals surface area contributed by atoms with E-state index in [0.29, 0.717) is 0 Å². The molecule has 15 heavy (non-hydrogen) atoms. The van der Waals surface area contributed by atoms with Crippen LogP contribution in [0.25, 0.3) is 11.4 Å². The van der Waals surface area contributed by atoms with Gasteiger partial charge in [0, 0.05) is 5.56 Å². The SMILES string of the molecule is O=S(=O)(O)c1ccccc1-c1nn[nH]n1. The third kappa shape index (κ3) is 1.85. The van der Waals surface area contributed by atoms with Crippen molar-refractivity contribution in [1.82, 2.24) is 20.6 Å². The average molecular weight is 226 g/mol. The van der Waals surface area contributed by atoms with Crippen LogP contribution in [0.3, 0.4) is 0 Å². The first-order valence-electron chi connectivity index (χ1n) is 3.89. The van der Waals surface area contributed by atoms with Gasteiger partial charge in [0.2, 0.25) is 5.82 Å². The fourth-order valence-electron chi connectivity index (χ4n) is 1.15. The molecule has 2 aromatic rings. The molecular formula is C7H6N4O3S. The third-order valence-corrected chi connectivity index (χ3v) is 2.66. The van der Waals surface area contributed by atoms with Gasteiger partial charge in [-0.05, 0) is 17.3 Å². The Balaban J connectivity index is 2.68. The highest BCUT2D eigenvalue weighted by atomic mass is 32.2. The molecule has 0 saturated carbocycles. The first kappa shape index (κ1) is 9.74. The molecule has 0 radical (unpaired) electrons. The highest BCUT2D eigenvalue weighted by Crippen LogP contribution is 2.22. The summed E-state index contributed by atoms with van der Waals surface area (Å²) in [7, 11) is -4.28. The molecule has 0 atom stereocenters. The second-order valence-corrected chi connectivity index (χ2v) is 4.10. The van der Waals surface area contributed by atoms with Gasteiger partial charge in [0.25, 0.3) is 10.1 Å². The van der Waals surface area contributed by atoms with Crippen molar-refractivity contribution in [2.45, 2.75) is 4.90 Å². The summed E-state index contributed by atoms with van der Waals surface area (Å²) in [4.78, 5) is -0.244. The molecule has 0 aliphatic carbocycles. The fourth-order valence-corrected chi connectivity index (χ4v) is 1.84. The van der Waals surface area contributed by atoms with Gasteiger partial charge >= 0.3 is 0 Å². The van der Waals surface area contributed by atoms with Crippen molar-refractivity contribution >= 4 is 10.1 Å². The molecule has 0 spiro atoms. The van der Waals surface area contributed by atoms with Crippen LogP contribution in [-0.2, 0) is 10.1 Å². The molecule has 78 valence electrons. The Labute approximate surface area is 84.9 Å². The molecule has 1 aromatic heterocycles. The molecule has 0 fully saturated rings. The number of nitrogens with one attached hydrogen (secondary N) is 1. The maximum atomic E-state index is 11.0. The molecule has 7 nitrogen and oxygen atoms in total. The summed E-state index contributed by atoms with van der Waals surface area (Å²) in [5, 5.41) is 12.8. The van der Waals surface area contributed by atoms with Crippen molar-refractivity contribution in [3.05, 3.63) is 24.3 Å². The van der Waals surface area contributed by atoms with Crippen molar-refractivity contribution < 1.29 is 13.0 Å². The summed E-state index contributed by atoms with van der Waals surface area (Å²) in [6, 6.07) is 5.85. The lowest BCUT2D eigenvalue weighted by atomic mass is 10.2. The maximum absolute atomic E-state index is 11.0. The smallest absolute Gasteiger partial charge is 0.282 e. The molecule has 1 aromatic carbocycles. The highest BCUT2D eigenvalue weighted by molar-refractivity contribution is 7.86. The van der Waals surface area contributed by atoms with Crippen LogP contribution in [0.5, 0.6) is 0 Å². The fraction of sp³-hybridized carbons (Fsp3) is 0. The first-order chi connectivity index (χ1) is 7.09. The van der Waals surface area contributed by atoms with Crippen molar-refractivity contribution in [2.24, 2.45) is 0 Å². The van der Waals surface area contributed by atoms with Crippen molar-refractivity contribution in [3.8, 4) is 11.4 Å². The Kier molecular flexibility index (Phi) is 2.21. The second-order valence-electron chi connectivity index (χ2n) is 2.71. The Morgan fingerprint density at radius 3 is 2.60 bits per heavy atom. The van der Waals surface area contributed by atoms with Crippen molar-refractivity contribution in [1.29, 1.82) is 0 Å². The van der Waals surface area contributed by atoms with Crippen molar-refractivity contribution in [3.63, 3.8) is 0 Å². The Morgan fingerprint density at radius 1 is 1.27 bits per heavy atom. The van der Waals surface area contributed by atoms with Crippen LogP contribution >= 0.6 is 0 Å². The van der Waals surface area contributed by atoms with E-state index in [1.807, 2.05) is 0 Å². The van der Waals surface area contributed by atoms with Crippen LogP contribution in [-0.4, -0.2) is 33.6 Å². The summed E-state index contributed by atoms with van der Waals surface area (Å²) >= 11 is 0. The van der Waals surface area contributed by atoms with Crippen LogP contribution < -0.4 is 0 Å². The topological polar surface area (TPSA) is 109 Å². The minimum atomic E-state index is -4.28. The average Bonchev–Trinajstić information content (AvgIpc) is 2.69. The molecule has 0 unspecified atom stereocenters. The van der Waals surface area contributed by atoms with Crippen LogP contribution in [0.1, 0.15) is 0 Å². The van der Waals surface area contributed by atoms with Gasteiger partial charge in [-0.25, -0.2) is 0 Å². The molecule has 2 N–H and O–H groups in total. The number of hydrogen-bond acceptors (Lipinski definition) is 5. The zero-order valence-electron chi connectivity index (χ0n) is 7.32. The molecule has 1 heterocycles. The molecular weight excluding hydrogens is 220 g/mol. The Morgan fingerprint density at radius 2 is 2.00 bits per heavy atom. The highest BCUT2D eigenvalue weighted by Gasteiger charge is 2.17. The molecule has 8 heteroatoms. The van der Waals surface area contributed by atoms with E-state index in [1.165, 1.54) is 18.2 Å². The van der Waals surface area contributed by atoms with Crippen LogP contribution in [0, 0.1) is 0 Å². The minimum Gasteiger partial charge on any atom is -0.282 e. The summed E-state index contributed by atoms with van der Waals surface area (Å²) in [6.07, 6.45) is 0. The van der Waals surface area contributed by atoms with Gasteiger partial charge in [-0.15, -0.1) is 10.2 Å². The summed E-state index contributed by atoms with van der Waals surface area (Å²) in [5.41, 5.74) is 0.203. The maximum Gasteiger partial charge on any atom is 0.295 e. The molecule has 0 saturated heterocycles. The summed E-state index contributed by atoms with van der Waals surface area (Å²) in [6.45, 7) is 0. The zero-order chi connectivity index (χ0) is 10.9. The van der Waals surface area contributed by atoms with Gasteiger partial charge in [-0.2, -0.15) is 13.6 Å². The van der Waals surface area contributed by atoms with E-state index in [9.17, 15) is 8.42 Å². The van der Waals surface area contributed by atoms with Gasteiger partial charge in [-0.3, -0.25) is 4.55 Å². The monoisotopic (exact) mass is 226 g/mol. The lowest BCUT2D eigenvalue weighted by Gasteiger charge is -2.01. The molecule has 0 aliphatic rings. The van der Waals surface area contributed by atoms with Gasteiger partial charge in [0.05, 0.1) is 0 Å². The molecule has 0 aliphatic heterocycles. The van der Waals surface area contributed by atoms with E-state index in [2.05, 4.69) is 20.6 Å². The molecule has 2 rings (SSSR count). The molecule has 0 amide bonds. The number of aromatic amines is 1.